The zero-order chi connectivity index (χ0) is 21.5. The number of nitrogens with zero attached hydrogens (tertiary/aromatic N) is 1. The SMILES string of the molecule is N#C/C(=C/c1cc(Cl)c(OCc2ccc(Cl)cc2)c(Cl)c1)C(=O)Nc1ccccc1. The third kappa shape index (κ3) is 5.77. The van der Waals surface area contributed by atoms with E-state index in [2.05, 4.69) is 5.32 Å². The maximum absolute atomic E-state index is 12.4. The number of anilines is 1. The number of carbonyl (C=O) groups excluding carboxylic acids is 1. The minimum atomic E-state index is -0.529. The Kier molecular flexibility index (Phi) is 7.37. The highest BCUT2D eigenvalue weighted by atomic mass is 35.5. The van der Waals surface area contributed by atoms with E-state index < -0.39 is 5.91 Å². The van der Waals surface area contributed by atoms with Crippen LogP contribution in [-0.4, -0.2) is 5.91 Å². The molecule has 7 heteroatoms. The molecule has 3 aromatic rings. The highest BCUT2D eigenvalue weighted by Gasteiger charge is 2.13. The maximum atomic E-state index is 12.4. The maximum Gasteiger partial charge on any atom is 0.266 e. The normalized spacial score (nSPS) is 10.9. The van der Waals surface area contributed by atoms with E-state index in [1.165, 1.54) is 6.08 Å². The van der Waals surface area contributed by atoms with Gasteiger partial charge in [0, 0.05) is 10.7 Å². The molecule has 0 aliphatic rings. The largest absolute Gasteiger partial charge is 0.486 e. The summed E-state index contributed by atoms with van der Waals surface area (Å²) in [5.74, 6) is -0.211. The van der Waals surface area contributed by atoms with Crippen LogP contribution in [0.1, 0.15) is 11.1 Å². The molecule has 1 amide bonds. The van der Waals surface area contributed by atoms with E-state index in [9.17, 15) is 10.1 Å². The van der Waals surface area contributed by atoms with Gasteiger partial charge in [-0.1, -0.05) is 65.1 Å². The molecular weight excluding hydrogens is 443 g/mol. The minimum Gasteiger partial charge on any atom is -0.486 e. The lowest BCUT2D eigenvalue weighted by Gasteiger charge is -2.11. The third-order valence-corrected chi connectivity index (χ3v) is 4.84. The summed E-state index contributed by atoms with van der Waals surface area (Å²) in [6, 6.07) is 21.1. The molecule has 0 aliphatic carbocycles. The molecular formula is C23H15Cl3N2O2. The first kappa shape index (κ1) is 21.7. The topological polar surface area (TPSA) is 62.1 Å². The summed E-state index contributed by atoms with van der Waals surface area (Å²) in [5.41, 5.74) is 1.91. The third-order valence-electron chi connectivity index (χ3n) is 4.02. The van der Waals surface area contributed by atoms with Gasteiger partial charge in [-0.15, -0.1) is 0 Å². The molecule has 0 aromatic heterocycles. The zero-order valence-corrected chi connectivity index (χ0v) is 17.8. The lowest BCUT2D eigenvalue weighted by molar-refractivity contribution is -0.112. The number of hydrogen-bond acceptors (Lipinski definition) is 3. The number of rotatable bonds is 6. The summed E-state index contributed by atoms with van der Waals surface area (Å²) in [5, 5.41) is 13.2. The molecule has 0 saturated carbocycles. The van der Waals surface area contributed by atoms with E-state index in [-0.39, 0.29) is 22.2 Å². The van der Waals surface area contributed by atoms with Gasteiger partial charge in [0.15, 0.2) is 5.75 Å². The first-order valence-corrected chi connectivity index (χ1v) is 9.94. The van der Waals surface area contributed by atoms with Gasteiger partial charge in [-0.05, 0) is 53.6 Å². The highest BCUT2D eigenvalue weighted by molar-refractivity contribution is 6.37. The van der Waals surface area contributed by atoms with Gasteiger partial charge in [-0.3, -0.25) is 4.79 Å². The molecule has 0 radical (unpaired) electrons. The molecule has 30 heavy (non-hydrogen) atoms. The van der Waals surface area contributed by atoms with Crippen LogP contribution in [0.2, 0.25) is 15.1 Å². The van der Waals surface area contributed by atoms with Crippen molar-refractivity contribution in [1.29, 1.82) is 5.26 Å². The molecule has 4 nitrogen and oxygen atoms in total. The van der Waals surface area contributed by atoms with Gasteiger partial charge in [0.05, 0.1) is 10.0 Å². The van der Waals surface area contributed by atoms with Crippen molar-refractivity contribution in [1.82, 2.24) is 0 Å². The van der Waals surface area contributed by atoms with Crippen molar-refractivity contribution in [2.45, 2.75) is 6.61 Å². The van der Waals surface area contributed by atoms with Crippen LogP contribution in [0, 0.1) is 11.3 Å². The van der Waals surface area contributed by atoms with Crippen LogP contribution in [0.4, 0.5) is 5.69 Å². The number of hydrogen-bond donors (Lipinski definition) is 1. The number of carbonyl (C=O) groups is 1. The van der Waals surface area contributed by atoms with Crippen molar-refractivity contribution in [3.05, 3.63) is 98.5 Å². The molecule has 0 atom stereocenters. The fourth-order valence-electron chi connectivity index (χ4n) is 2.57. The standard InChI is InChI=1S/C23H15Cl3N2O2/c24-18-8-6-15(7-9-18)14-30-22-20(25)11-16(12-21(22)26)10-17(13-27)23(29)28-19-4-2-1-3-5-19/h1-12H,14H2,(H,28,29)/b17-10-. The van der Waals surface area contributed by atoms with Crippen molar-refractivity contribution in [2.24, 2.45) is 0 Å². The molecule has 0 fully saturated rings. The molecule has 0 bridgehead atoms. The van der Waals surface area contributed by atoms with E-state index in [1.54, 1.807) is 48.5 Å². The number of nitrogens with one attached hydrogen (secondary N) is 1. The van der Waals surface area contributed by atoms with Crippen molar-refractivity contribution < 1.29 is 9.53 Å². The first-order chi connectivity index (χ1) is 14.5. The van der Waals surface area contributed by atoms with Gasteiger partial charge in [0.1, 0.15) is 18.2 Å². The second-order valence-corrected chi connectivity index (χ2v) is 7.47. The molecule has 0 spiro atoms. The van der Waals surface area contributed by atoms with Crippen LogP contribution in [0.3, 0.4) is 0 Å². The molecule has 0 heterocycles. The van der Waals surface area contributed by atoms with E-state index in [0.717, 1.165) is 5.56 Å². The van der Waals surface area contributed by atoms with Crippen molar-refractivity contribution in [3.63, 3.8) is 0 Å². The second kappa shape index (κ2) is 10.2. The van der Waals surface area contributed by atoms with Crippen LogP contribution < -0.4 is 10.1 Å². The van der Waals surface area contributed by atoms with Crippen molar-refractivity contribution in [3.8, 4) is 11.8 Å². The van der Waals surface area contributed by atoms with Gasteiger partial charge in [-0.25, -0.2) is 0 Å². The molecule has 0 saturated heterocycles. The smallest absolute Gasteiger partial charge is 0.266 e. The predicted octanol–water partition coefficient (Wildman–Crippen LogP) is 6.77. The summed E-state index contributed by atoms with van der Waals surface area (Å²) in [6.45, 7) is 0.259. The van der Waals surface area contributed by atoms with Crippen LogP contribution >= 0.6 is 34.8 Å². The predicted molar refractivity (Wildman–Crippen MR) is 121 cm³/mol. The van der Waals surface area contributed by atoms with Crippen LogP contribution in [-0.2, 0) is 11.4 Å². The summed E-state index contributed by atoms with van der Waals surface area (Å²) in [4.78, 5) is 12.4. The first-order valence-electron chi connectivity index (χ1n) is 8.81. The van der Waals surface area contributed by atoms with Gasteiger partial charge in [0.2, 0.25) is 0 Å². The number of benzene rings is 3. The Morgan fingerprint density at radius 3 is 2.23 bits per heavy atom. The molecule has 150 valence electrons. The molecule has 3 rings (SSSR count). The van der Waals surface area contributed by atoms with Crippen molar-refractivity contribution >= 4 is 52.5 Å². The second-order valence-electron chi connectivity index (χ2n) is 6.22. The van der Waals surface area contributed by atoms with Gasteiger partial charge < -0.3 is 10.1 Å². The fraction of sp³-hybridized carbons (Fsp3) is 0.0435. The lowest BCUT2D eigenvalue weighted by Crippen LogP contribution is -2.13. The van der Waals surface area contributed by atoms with Crippen molar-refractivity contribution in [2.75, 3.05) is 5.32 Å². The van der Waals surface area contributed by atoms with E-state index in [0.29, 0.717) is 22.0 Å². The summed E-state index contributed by atoms with van der Waals surface area (Å²) >= 11 is 18.5. The number of ether oxygens (including phenoxy) is 1. The monoisotopic (exact) mass is 456 g/mol. The number of para-hydroxylation sites is 1. The van der Waals surface area contributed by atoms with Gasteiger partial charge >= 0.3 is 0 Å². The Bertz CT molecular complexity index is 1100. The summed E-state index contributed by atoms with van der Waals surface area (Å²) in [7, 11) is 0. The van der Waals surface area contributed by atoms with Gasteiger partial charge in [0.25, 0.3) is 5.91 Å². The number of halogens is 3. The van der Waals surface area contributed by atoms with E-state index in [4.69, 9.17) is 39.5 Å². The number of nitriles is 1. The van der Waals surface area contributed by atoms with E-state index >= 15 is 0 Å². The Balaban J connectivity index is 1.76. The van der Waals surface area contributed by atoms with Crippen LogP contribution in [0.25, 0.3) is 6.08 Å². The zero-order valence-electron chi connectivity index (χ0n) is 15.5. The Morgan fingerprint density at radius 1 is 1.00 bits per heavy atom. The van der Waals surface area contributed by atoms with Gasteiger partial charge in [-0.2, -0.15) is 5.26 Å². The number of amides is 1. The molecule has 0 aliphatic heterocycles. The Labute approximate surface area is 189 Å². The van der Waals surface area contributed by atoms with Crippen LogP contribution in [0.15, 0.2) is 72.3 Å². The van der Waals surface area contributed by atoms with Crippen LogP contribution in [0.5, 0.6) is 5.75 Å². The summed E-state index contributed by atoms with van der Waals surface area (Å²) in [6.07, 6.45) is 1.42. The Morgan fingerprint density at radius 2 is 1.63 bits per heavy atom. The fourth-order valence-corrected chi connectivity index (χ4v) is 3.31. The van der Waals surface area contributed by atoms with E-state index in [1.807, 2.05) is 24.3 Å². The Hall–Kier alpha value is -2.97. The lowest BCUT2D eigenvalue weighted by atomic mass is 10.1. The quantitative estimate of drug-likeness (QED) is 0.328. The average molecular weight is 458 g/mol. The highest BCUT2D eigenvalue weighted by Crippen LogP contribution is 2.35. The molecule has 0 unspecified atom stereocenters. The summed E-state index contributed by atoms with van der Waals surface area (Å²) < 4.78 is 5.73. The molecule has 3 aromatic carbocycles. The molecule has 1 N–H and O–H groups in total. The minimum absolute atomic E-state index is 0.0826. The average Bonchev–Trinajstić information content (AvgIpc) is 2.73.